The van der Waals surface area contributed by atoms with Gasteiger partial charge in [-0.1, -0.05) is 6.08 Å². The molecular formula is C7H5BF5KN2. The quantitative estimate of drug-likeness (QED) is 0.557. The van der Waals surface area contributed by atoms with E-state index in [0.717, 1.165) is 12.5 Å². The first kappa shape index (κ1) is 16.2. The van der Waals surface area contributed by atoms with Crippen LogP contribution in [0.3, 0.4) is 0 Å². The minimum absolute atomic E-state index is 0. The Morgan fingerprint density at radius 3 is 2.38 bits per heavy atom. The zero-order chi connectivity index (χ0) is 11.5. The third kappa shape index (κ3) is 5.48. The Kier molecular flexibility index (Phi) is 6.87. The van der Waals surface area contributed by atoms with Crippen molar-refractivity contribution in [2.45, 2.75) is 6.43 Å². The predicted molar refractivity (Wildman–Crippen MR) is 45.1 cm³/mol. The molecule has 1 aromatic heterocycles. The van der Waals surface area contributed by atoms with Gasteiger partial charge in [-0.3, -0.25) is 0 Å². The summed E-state index contributed by atoms with van der Waals surface area (Å²) in [7, 11) is 0. The van der Waals surface area contributed by atoms with Crippen LogP contribution in [0.25, 0.3) is 6.08 Å². The van der Waals surface area contributed by atoms with E-state index >= 15 is 0 Å². The summed E-state index contributed by atoms with van der Waals surface area (Å²) in [5.41, 5.74) is -1.03. The fourth-order valence-corrected chi connectivity index (χ4v) is 0.873. The smallest absolute Gasteiger partial charge is 0.445 e. The maximum Gasteiger partial charge on any atom is 1.00 e. The van der Waals surface area contributed by atoms with Crippen LogP contribution in [0.1, 0.15) is 17.7 Å². The standard InChI is InChI=1S/C7H5BF5N2.K/c9-7(10)6-5(3-14-4-15-6)1-2-8(11,12)13;/h1-4,7H;/q-1;+1/b2-1+;. The average Bonchev–Trinajstić information content (AvgIpc) is 2.14. The third-order valence-electron chi connectivity index (χ3n) is 1.47. The number of hydrogen-bond acceptors (Lipinski definition) is 2. The molecule has 9 heteroatoms. The van der Waals surface area contributed by atoms with Gasteiger partial charge in [0.05, 0.1) is 0 Å². The summed E-state index contributed by atoms with van der Waals surface area (Å²) in [6, 6.07) is 0. The van der Waals surface area contributed by atoms with Gasteiger partial charge in [0.2, 0.25) is 0 Å². The Bertz CT molecular complexity index is 368. The van der Waals surface area contributed by atoms with Crippen LogP contribution in [0, 0.1) is 0 Å². The summed E-state index contributed by atoms with van der Waals surface area (Å²) in [4.78, 5) is 6.58. The van der Waals surface area contributed by atoms with Crippen molar-refractivity contribution in [3.63, 3.8) is 0 Å². The van der Waals surface area contributed by atoms with Crippen LogP contribution in [-0.4, -0.2) is 16.9 Å². The van der Waals surface area contributed by atoms with Gasteiger partial charge in [0.25, 0.3) is 6.43 Å². The molecule has 1 aromatic rings. The first-order chi connectivity index (χ1) is 6.90. The van der Waals surface area contributed by atoms with Crippen LogP contribution in [0.5, 0.6) is 0 Å². The zero-order valence-electron chi connectivity index (χ0n) is 8.25. The molecule has 16 heavy (non-hydrogen) atoms. The molecule has 0 N–H and O–H groups in total. The first-order valence-electron chi connectivity index (χ1n) is 3.87. The van der Waals surface area contributed by atoms with Crippen molar-refractivity contribution in [1.82, 2.24) is 9.97 Å². The van der Waals surface area contributed by atoms with Crippen molar-refractivity contribution < 1.29 is 73.1 Å². The second-order valence-electron chi connectivity index (χ2n) is 2.65. The van der Waals surface area contributed by atoms with E-state index in [-0.39, 0.29) is 62.9 Å². The monoisotopic (exact) mass is 262 g/mol. The molecule has 0 saturated carbocycles. The number of alkyl halides is 2. The molecule has 0 bridgehead atoms. The molecule has 1 rings (SSSR count). The average molecular weight is 262 g/mol. The molecule has 0 aliphatic rings. The summed E-state index contributed by atoms with van der Waals surface area (Å²) in [6.07, 6.45) is -0.611. The van der Waals surface area contributed by atoms with Crippen LogP contribution in [0.4, 0.5) is 21.7 Å². The van der Waals surface area contributed by atoms with Gasteiger partial charge in [0.1, 0.15) is 12.0 Å². The van der Waals surface area contributed by atoms with E-state index in [1.807, 2.05) is 0 Å². The molecule has 0 atom stereocenters. The number of aromatic nitrogens is 2. The Labute approximate surface area is 131 Å². The Morgan fingerprint density at radius 2 is 1.88 bits per heavy atom. The molecule has 0 saturated heterocycles. The Balaban J connectivity index is 0.00000225. The van der Waals surface area contributed by atoms with Crippen molar-refractivity contribution in [2.75, 3.05) is 0 Å². The SMILES string of the molecule is FC(F)c1ncncc1/C=C/[B-](F)(F)F.[K+]. The summed E-state index contributed by atoms with van der Waals surface area (Å²) in [5.74, 6) is -0.0788. The van der Waals surface area contributed by atoms with Crippen LogP contribution < -0.4 is 51.4 Å². The number of halogens is 5. The van der Waals surface area contributed by atoms with Crippen molar-refractivity contribution >= 4 is 13.1 Å². The van der Waals surface area contributed by atoms with Crippen LogP contribution >= 0.6 is 0 Å². The van der Waals surface area contributed by atoms with Gasteiger partial charge in [0, 0.05) is 11.8 Å². The van der Waals surface area contributed by atoms with Crippen molar-refractivity contribution in [3.8, 4) is 0 Å². The van der Waals surface area contributed by atoms with E-state index in [4.69, 9.17) is 0 Å². The molecule has 0 aliphatic carbocycles. The second kappa shape index (κ2) is 6.80. The predicted octanol–water partition coefficient (Wildman–Crippen LogP) is -0.182. The van der Waals surface area contributed by atoms with E-state index in [0.29, 0.717) is 6.08 Å². The van der Waals surface area contributed by atoms with Crippen molar-refractivity contribution in [2.24, 2.45) is 0 Å². The van der Waals surface area contributed by atoms with Gasteiger partial charge in [-0.2, -0.15) is 0 Å². The zero-order valence-corrected chi connectivity index (χ0v) is 11.4. The molecule has 82 valence electrons. The van der Waals surface area contributed by atoms with Crippen LogP contribution in [0.2, 0.25) is 0 Å². The van der Waals surface area contributed by atoms with Gasteiger partial charge in [-0.25, -0.2) is 18.7 Å². The van der Waals surface area contributed by atoms with E-state index in [2.05, 4.69) is 9.97 Å². The van der Waals surface area contributed by atoms with E-state index in [1.165, 1.54) is 0 Å². The summed E-state index contributed by atoms with van der Waals surface area (Å²) < 4.78 is 60.0. The molecule has 0 fully saturated rings. The topological polar surface area (TPSA) is 25.8 Å². The van der Waals surface area contributed by atoms with Gasteiger partial charge in [-0.05, 0) is 0 Å². The van der Waals surface area contributed by atoms with Crippen molar-refractivity contribution in [3.05, 3.63) is 29.8 Å². The molecule has 0 unspecified atom stereocenters. The minimum atomic E-state index is -5.15. The molecule has 1 heterocycles. The third-order valence-corrected chi connectivity index (χ3v) is 1.47. The summed E-state index contributed by atoms with van der Waals surface area (Å²) in [6.45, 7) is -5.15. The molecule has 0 aliphatic heterocycles. The normalized spacial score (nSPS) is 11.9. The van der Waals surface area contributed by atoms with Gasteiger partial charge in [-0.15, -0.1) is 5.98 Å². The summed E-state index contributed by atoms with van der Waals surface area (Å²) in [5, 5.41) is 0. The Hall–Kier alpha value is 0.171. The maximum atomic E-state index is 12.2. The number of hydrogen-bond donors (Lipinski definition) is 0. The molecule has 2 nitrogen and oxygen atoms in total. The second-order valence-corrected chi connectivity index (χ2v) is 2.65. The van der Waals surface area contributed by atoms with Crippen molar-refractivity contribution in [1.29, 1.82) is 0 Å². The van der Waals surface area contributed by atoms with E-state index < -0.39 is 19.1 Å². The molecule has 0 spiro atoms. The summed E-state index contributed by atoms with van der Waals surface area (Å²) >= 11 is 0. The first-order valence-corrected chi connectivity index (χ1v) is 3.87. The van der Waals surface area contributed by atoms with Gasteiger partial charge >= 0.3 is 58.4 Å². The number of nitrogens with zero attached hydrogens (tertiary/aromatic N) is 2. The molecule has 0 amide bonds. The van der Waals surface area contributed by atoms with Crippen LogP contribution in [0.15, 0.2) is 18.5 Å². The molecule has 0 radical (unpaired) electrons. The molecular weight excluding hydrogens is 257 g/mol. The van der Waals surface area contributed by atoms with Crippen LogP contribution in [-0.2, 0) is 0 Å². The van der Waals surface area contributed by atoms with Gasteiger partial charge < -0.3 is 12.9 Å². The minimum Gasteiger partial charge on any atom is -0.445 e. The van der Waals surface area contributed by atoms with E-state index in [1.54, 1.807) is 0 Å². The fourth-order valence-electron chi connectivity index (χ4n) is 0.873. The van der Waals surface area contributed by atoms with E-state index in [9.17, 15) is 21.7 Å². The fraction of sp³-hybridized carbons (Fsp3) is 0.143. The maximum absolute atomic E-state index is 12.2. The molecule has 0 aromatic carbocycles. The van der Waals surface area contributed by atoms with Gasteiger partial charge in [0.15, 0.2) is 0 Å². The largest absolute Gasteiger partial charge is 1.00 e. The number of rotatable bonds is 3. The Morgan fingerprint density at radius 1 is 1.25 bits per heavy atom.